The molecule has 5 unspecified atom stereocenters. The highest BCUT2D eigenvalue weighted by Crippen LogP contribution is 2.48. The predicted molar refractivity (Wildman–Crippen MR) is 137 cm³/mol. The van der Waals surface area contributed by atoms with Crippen LogP contribution in [0.4, 0.5) is 4.39 Å². The van der Waals surface area contributed by atoms with E-state index in [1.165, 1.54) is 0 Å². The summed E-state index contributed by atoms with van der Waals surface area (Å²) in [5.74, 6) is -0.964. The monoisotopic (exact) mass is 510 g/mol. The zero-order valence-corrected chi connectivity index (χ0v) is 22.5. The number of hydrogen-bond donors (Lipinski definition) is 1. The molecule has 0 aromatic carbocycles. The number of carbonyl (C=O) groups is 1. The molecule has 2 aliphatic heterocycles. The summed E-state index contributed by atoms with van der Waals surface area (Å²) in [6.07, 6.45) is 14.3. The fourth-order valence-electron chi connectivity index (χ4n) is 5.52. The van der Waals surface area contributed by atoms with Gasteiger partial charge in [-0.2, -0.15) is 0 Å². The van der Waals surface area contributed by atoms with Gasteiger partial charge in [0.15, 0.2) is 12.1 Å². The van der Waals surface area contributed by atoms with Gasteiger partial charge in [-0.05, 0) is 69.1 Å². The van der Waals surface area contributed by atoms with Crippen molar-refractivity contribution in [2.75, 3.05) is 19.8 Å². The number of halogens is 1. The van der Waals surface area contributed by atoms with Gasteiger partial charge in [-0.25, -0.2) is 4.39 Å². The minimum atomic E-state index is -1.09. The summed E-state index contributed by atoms with van der Waals surface area (Å²) in [4.78, 5) is 10.7. The average molecular weight is 511 g/mol. The molecule has 1 aliphatic carbocycles. The van der Waals surface area contributed by atoms with E-state index in [0.717, 1.165) is 51.4 Å². The topological polar surface area (TPSA) is 74.2 Å². The molecule has 3 aliphatic rings. The summed E-state index contributed by atoms with van der Waals surface area (Å²) in [7, 11) is 0. The van der Waals surface area contributed by atoms with Crippen LogP contribution in [0, 0.1) is 17.3 Å². The highest BCUT2D eigenvalue weighted by Gasteiger charge is 2.51. The molecule has 1 N–H and O–H groups in total. The number of carboxylic acids is 1. The summed E-state index contributed by atoms with van der Waals surface area (Å²) in [5.41, 5.74) is 0.0675. The van der Waals surface area contributed by atoms with Crippen molar-refractivity contribution in [1.82, 2.24) is 0 Å². The lowest BCUT2D eigenvalue weighted by Gasteiger charge is -2.32. The number of ether oxygens (including phenoxy) is 4. The first-order valence-corrected chi connectivity index (χ1v) is 13.9. The molecule has 7 heteroatoms. The Kier molecular flexibility index (Phi) is 11.4. The van der Waals surface area contributed by atoms with E-state index >= 15 is 4.39 Å². The van der Waals surface area contributed by atoms with Crippen molar-refractivity contribution in [3.05, 3.63) is 24.3 Å². The largest absolute Gasteiger partial charge is 0.481 e. The Labute approximate surface area is 216 Å². The number of rotatable bonds is 13. The number of alkyl halides is 1. The van der Waals surface area contributed by atoms with Crippen LogP contribution in [-0.2, 0) is 23.7 Å². The van der Waals surface area contributed by atoms with Gasteiger partial charge in [0.25, 0.3) is 0 Å². The SMILES string of the molecule is CC(C)(C)CCC(F)C(/C=C/C1CCC2(OCCO2)C1CC/C=C\CCC(=O)O)OC1CCCCO1. The van der Waals surface area contributed by atoms with Gasteiger partial charge in [0.2, 0.25) is 0 Å². The number of hydrogen-bond acceptors (Lipinski definition) is 5. The molecular formula is C29H47FO6. The van der Waals surface area contributed by atoms with Crippen molar-refractivity contribution in [2.24, 2.45) is 17.3 Å². The van der Waals surface area contributed by atoms with E-state index in [2.05, 4.69) is 32.9 Å². The van der Waals surface area contributed by atoms with E-state index in [1.807, 2.05) is 12.2 Å². The second-order valence-corrected chi connectivity index (χ2v) is 11.7. The van der Waals surface area contributed by atoms with Gasteiger partial charge in [0.05, 0.1) is 13.2 Å². The van der Waals surface area contributed by atoms with Crippen molar-refractivity contribution in [3.63, 3.8) is 0 Å². The molecule has 206 valence electrons. The molecule has 0 bridgehead atoms. The summed E-state index contributed by atoms with van der Waals surface area (Å²) >= 11 is 0. The Morgan fingerprint density at radius 3 is 2.56 bits per heavy atom. The van der Waals surface area contributed by atoms with E-state index in [9.17, 15) is 4.79 Å². The second kappa shape index (κ2) is 14.0. The highest BCUT2D eigenvalue weighted by atomic mass is 19.1. The molecule has 0 aromatic heterocycles. The Morgan fingerprint density at radius 2 is 1.89 bits per heavy atom. The van der Waals surface area contributed by atoms with Crippen molar-refractivity contribution >= 4 is 5.97 Å². The van der Waals surface area contributed by atoms with Gasteiger partial charge in [-0.1, -0.05) is 45.1 Å². The van der Waals surface area contributed by atoms with Gasteiger partial charge < -0.3 is 24.1 Å². The molecule has 5 atom stereocenters. The maximum Gasteiger partial charge on any atom is 0.303 e. The molecule has 3 fully saturated rings. The third kappa shape index (κ3) is 9.23. The van der Waals surface area contributed by atoms with Crippen molar-refractivity contribution < 1.29 is 33.2 Å². The van der Waals surface area contributed by atoms with E-state index in [-0.39, 0.29) is 30.0 Å². The first-order valence-electron chi connectivity index (χ1n) is 13.9. The minimum absolute atomic E-state index is 0.0675. The van der Waals surface area contributed by atoms with Crippen molar-refractivity contribution in [2.45, 2.75) is 116 Å². The highest BCUT2D eigenvalue weighted by molar-refractivity contribution is 5.66. The first-order chi connectivity index (χ1) is 17.2. The van der Waals surface area contributed by atoms with Crippen LogP contribution in [0.1, 0.15) is 91.4 Å². The Morgan fingerprint density at radius 1 is 1.14 bits per heavy atom. The molecule has 1 spiro atoms. The van der Waals surface area contributed by atoms with Crippen LogP contribution in [0.3, 0.4) is 0 Å². The van der Waals surface area contributed by atoms with Crippen molar-refractivity contribution in [3.8, 4) is 0 Å². The molecule has 2 saturated heterocycles. The lowest BCUT2D eigenvalue weighted by molar-refractivity contribution is -0.190. The van der Waals surface area contributed by atoms with E-state index in [1.54, 1.807) is 0 Å². The molecule has 0 aromatic rings. The lowest BCUT2D eigenvalue weighted by atomic mass is 9.86. The number of allylic oxidation sites excluding steroid dienone is 3. The first kappa shape index (κ1) is 29.3. The summed E-state index contributed by atoms with van der Waals surface area (Å²) in [6, 6.07) is 0. The van der Waals surface area contributed by atoms with Crippen LogP contribution in [0.25, 0.3) is 0 Å². The number of carboxylic acid groups (broad SMARTS) is 1. The minimum Gasteiger partial charge on any atom is -0.481 e. The predicted octanol–water partition coefficient (Wildman–Crippen LogP) is 6.59. The van der Waals surface area contributed by atoms with Crippen LogP contribution < -0.4 is 0 Å². The van der Waals surface area contributed by atoms with Crippen LogP contribution in [0.5, 0.6) is 0 Å². The van der Waals surface area contributed by atoms with Crippen LogP contribution in [0.15, 0.2) is 24.3 Å². The molecule has 0 radical (unpaired) electrons. The lowest BCUT2D eigenvalue weighted by Crippen LogP contribution is -2.36. The van der Waals surface area contributed by atoms with E-state index < -0.39 is 24.0 Å². The van der Waals surface area contributed by atoms with Crippen LogP contribution >= 0.6 is 0 Å². The second-order valence-electron chi connectivity index (χ2n) is 11.7. The van der Waals surface area contributed by atoms with Gasteiger partial charge in [0.1, 0.15) is 12.3 Å². The molecule has 1 saturated carbocycles. The van der Waals surface area contributed by atoms with Crippen LogP contribution in [-0.4, -0.2) is 55.2 Å². The molecule has 2 heterocycles. The normalized spacial score (nSPS) is 28.4. The number of aliphatic carboxylic acids is 1. The quantitative estimate of drug-likeness (QED) is 0.282. The Bertz CT molecular complexity index is 718. The zero-order chi connectivity index (χ0) is 26.0. The Balaban J connectivity index is 1.66. The van der Waals surface area contributed by atoms with Gasteiger partial charge in [-0.15, -0.1) is 0 Å². The van der Waals surface area contributed by atoms with E-state index in [0.29, 0.717) is 32.7 Å². The van der Waals surface area contributed by atoms with Gasteiger partial charge in [-0.3, -0.25) is 4.79 Å². The van der Waals surface area contributed by atoms with E-state index in [4.69, 9.17) is 24.1 Å². The zero-order valence-electron chi connectivity index (χ0n) is 22.5. The van der Waals surface area contributed by atoms with Crippen molar-refractivity contribution in [1.29, 1.82) is 0 Å². The average Bonchev–Trinajstić information content (AvgIpc) is 3.44. The molecule has 36 heavy (non-hydrogen) atoms. The van der Waals surface area contributed by atoms with Crippen LogP contribution in [0.2, 0.25) is 0 Å². The maximum absolute atomic E-state index is 15.5. The molecular weight excluding hydrogens is 463 g/mol. The van der Waals surface area contributed by atoms with Gasteiger partial charge in [0, 0.05) is 25.4 Å². The Hall–Kier alpha value is -1.28. The standard InChI is InChI=1S/C29H47FO6/c1-28(2,3)17-16-24(30)25(36-27-12-8-9-19-33-27)14-13-22-15-18-29(34-20-21-35-29)23(22)10-6-4-5-7-11-26(31)32/h4-5,13-14,22-25,27H,6-12,15-21H2,1-3H3,(H,31,32)/b5-4-,14-13+. The van der Waals surface area contributed by atoms with Gasteiger partial charge >= 0.3 is 5.97 Å². The summed E-state index contributed by atoms with van der Waals surface area (Å²) in [5, 5.41) is 8.82. The summed E-state index contributed by atoms with van der Waals surface area (Å²) in [6.45, 7) is 8.28. The molecule has 3 rings (SSSR count). The maximum atomic E-state index is 15.5. The smallest absolute Gasteiger partial charge is 0.303 e. The third-order valence-electron chi connectivity index (χ3n) is 7.54. The summed E-state index contributed by atoms with van der Waals surface area (Å²) < 4.78 is 39.6. The fraction of sp³-hybridized carbons (Fsp3) is 0.828. The molecule has 6 nitrogen and oxygen atoms in total. The third-order valence-corrected chi connectivity index (χ3v) is 7.54. The molecule has 0 amide bonds. The fourth-order valence-corrected chi connectivity index (χ4v) is 5.52.